The minimum Gasteiger partial charge on any atom is -0.392 e. The van der Waals surface area contributed by atoms with Gasteiger partial charge in [-0.1, -0.05) is 0 Å². The smallest absolute Gasteiger partial charge is 0.136 e. The summed E-state index contributed by atoms with van der Waals surface area (Å²) in [5.74, 6) is 3.19. The topological polar surface area (TPSA) is 70.1 Å². The van der Waals surface area contributed by atoms with Gasteiger partial charge in [-0.25, -0.2) is 9.97 Å². The Kier molecular flexibility index (Phi) is 4.01. The van der Waals surface area contributed by atoms with E-state index in [2.05, 4.69) is 27.5 Å². The first kappa shape index (κ1) is 13.1. The molecule has 1 unspecified atom stereocenters. The normalized spacial score (nSPS) is 16.4. The Morgan fingerprint density at radius 2 is 1.89 bits per heavy atom. The highest BCUT2D eigenvalue weighted by Gasteiger charge is 2.28. The van der Waals surface area contributed by atoms with Crippen molar-refractivity contribution < 1.29 is 5.11 Å². The van der Waals surface area contributed by atoms with Crippen molar-refractivity contribution in [3.8, 4) is 0 Å². The van der Waals surface area contributed by atoms with E-state index in [-0.39, 0.29) is 6.10 Å². The number of hydrogen-bond acceptors (Lipinski definition) is 5. The second kappa shape index (κ2) is 5.52. The Hall–Kier alpha value is -1.36. The lowest BCUT2D eigenvalue weighted by atomic mass is 10.2. The molecule has 1 aliphatic rings. The van der Waals surface area contributed by atoms with Gasteiger partial charge in [0.25, 0.3) is 0 Å². The minimum atomic E-state index is -0.383. The third-order valence-corrected chi connectivity index (χ3v) is 3.01. The van der Waals surface area contributed by atoms with E-state index in [0.717, 1.165) is 29.6 Å². The molecule has 0 spiro atoms. The number of rotatable bonds is 6. The number of nitrogens with zero attached hydrogens (tertiary/aromatic N) is 2. The van der Waals surface area contributed by atoms with Gasteiger partial charge in [0.1, 0.15) is 17.5 Å². The summed E-state index contributed by atoms with van der Waals surface area (Å²) in [6, 6.07) is 0. The summed E-state index contributed by atoms with van der Waals surface area (Å²) in [6.45, 7) is 7.17. The Labute approximate surface area is 108 Å². The molecule has 0 bridgehead atoms. The zero-order chi connectivity index (χ0) is 13.1. The zero-order valence-electron chi connectivity index (χ0n) is 11.3. The van der Waals surface area contributed by atoms with Gasteiger partial charge in [-0.05, 0) is 33.6 Å². The molecule has 0 saturated heterocycles. The van der Waals surface area contributed by atoms with E-state index in [1.165, 1.54) is 12.8 Å². The van der Waals surface area contributed by atoms with Crippen LogP contribution in [0.4, 0.5) is 11.6 Å². The van der Waals surface area contributed by atoms with Crippen LogP contribution in [0.2, 0.25) is 0 Å². The van der Waals surface area contributed by atoms with Crippen LogP contribution in [0.1, 0.15) is 44.0 Å². The van der Waals surface area contributed by atoms with Crippen LogP contribution in [0.15, 0.2) is 0 Å². The molecule has 100 valence electrons. The fraction of sp³-hybridized carbons (Fsp3) is 0.692. The van der Waals surface area contributed by atoms with Gasteiger partial charge in [-0.2, -0.15) is 0 Å². The van der Waals surface area contributed by atoms with Crippen LogP contribution in [0, 0.1) is 6.92 Å². The standard InChI is InChI=1S/C13H22N4O/c1-4-14-11-9(3)12(15-7-8(2)18)17-13(16-11)10-5-6-10/h8,10,18H,4-7H2,1-3H3,(H2,14,15,16,17). The quantitative estimate of drug-likeness (QED) is 0.719. The minimum absolute atomic E-state index is 0.383. The van der Waals surface area contributed by atoms with Crippen LogP contribution in [-0.4, -0.2) is 34.3 Å². The van der Waals surface area contributed by atoms with E-state index < -0.39 is 0 Å². The molecule has 3 N–H and O–H groups in total. The fourth-order valence-corrected chi connectivity index (χ4v) is 1.81. The molecule has 1 saturated carbocycles. The summed E-state index contributed by atoms with van der Waals surface area (Å²) in [4.78, 5) is 9.16. The maximum absolute atomic E-state index is 9.35. The summed E-state index contributed by atoms with van der Waals surface area (Å²) >= 11 is 0. The molecule has 1 aromatic rings. The van der Waals surface area contributed by atoms with Crippen LogP contribution in [0.3, 0.4) is 0 Å². The second-order valence-corrected chi connectivity index (χ2v) is 4.94. The Morgan fingerprint density at radius 3 is 2.39 bits per heavy atom. The molecule has 2 rings (SSSR count). The van der Waals surface area contributed by atoms with E-state index >= 15 is 0 Å². The van der Waals surface area contributed by atoms with Gasteiger partial charge in [-0.15, -0.1) is 0 Å². The van der Waals surface area contributed by atoms with E-state index in [1.54, 1.807) is 6.92 Å². The summed E-state index contributed by atoms with van der Waals surface area (Å²) in [7, 11) is 0. The van der Waals surface area contributed by atoms with E-state index in [1.807, 2.05) is 6.92 Å². The van der Waals surface area contributed by atoms with Gasteiger partial charge >= 0.3 is 0 Å². The monoisotopic (exact) mass is 250 g/mol. The molecular formula is C13H22N4O. The van der Waals surface area contributed by atoms with Gasteiger partial charge in [0.2, 0.25) is 0 Å². The SMILES string of the molecule is CCNc1nc(C2CC2)nc(NCC(C)O)c1C. The summed E-state index contributed by atoms with van der Waals surface area (Å²) in [5.41, 5.74) is 1.02. The van der Waals surface area contributed by atoms with Crippen molar-refractivity contribution in [1.29, 1.82) is 0 Å². The van der Waals surface area contributed by atoms with Crippen molar-refractivity contribution in [2.45, 2.75) is 45.6 Å². The molecule has 1 aliphatic carbocycles. The third-order valence-electron chi connectivity index (χ3n) is 3.01. The zero-order valence-corrected chi connectivity index (χ0v) is 11.3. The van der Waals surface area contributed by atoms with E-state index in [4.69, 9.17) is 0 Å². The van der Waals surface area contributed by atoms with E-state index in [0.29, 0.717) is 12.5 Å². The van der Waals surface area contributed by atoms with Crippen molar-refractivity contribution in [2.75, 3.05) is 23.7 Å². The number of aliphatic hydroxyl groups excluding tert-OH is 1. The maximum Gasteiger partial charge on any atom is 0.136 e. The predicted octanol–water partition coefficient (Wildman–Crippen LogP) is 1.89. The summed E-state index contributed by atoms with van der Waals surface area (Å²) < 4.78 is 0. The van der Waals surface area contributed by atoms with Crippen molar-refractivity contribution in [2.24, 2.45) is 0 Å². The highest BCUT2D eigenvalue weighted by molar-refractivity contribution is 5.57. The molecule has 0 aliphatic heterocycles. The fourth-order valence-electron chi connectivity index (χ4n) is 1.81. The number of nitrogens with one attached hydrogen (secondary N) is 2. The molecular weight excluding hydrogens is 228 g/mol. The summed E-state index contributed by atoms with van der Waals surface area (Å²) in [5, 5.41) is 15.8. The van der Waals surface area contributed by atoms with Gasteiger partial charge in [-0.3, -0.25) is 0 Å². The molecule has 0 amide bonds. The van der Waals surface area contributed by atoms with Crippen molar-refractivity contribution >= 4 is 11.6 Å². The molecule has 1 heterocycles. The lowest BCUT2D eigenvalue weighted by Crippen LogP contribution is -2.18. The van der Waals surface area contributed by atoms with Crippen LogP contribution in [-0.2, 0) is 0 Å². The molecule has 1 aromatic heterocycles. The highest BCUT2D eigenvalue weighted by atomic mass is 16.3. The van der Waals surface area contributed by atoms with Crippen molar-refractivity contribution in [3.05, 3.63) is 11.4 Å². The average Bonchev–Trinajstić information content (AvgIpc) is 3.14. The average molecular weight is 250 g/mol. The van der Waals surface area contributed by atoms with Crippen molar-refractivity contribution in [1.82, 2.24) is 9.97 Å². The molecule has 0 aromatic carbocycles. The largest absolute Gasteiger partial charge is 0.392 e. The Balaban J connectivity index is 2.24. The van der Waals surface area contributed by atoms with Crippen LogP contribution >= 0.6 is 0 Å². The van der Waals surface area contributed by atoms with Crippen LogP contribution < -0.4 is 10.6 Å². The first-order chi connectivity index (χ1) is 8.61. The first-order valence-corrected chi connectivity index (χ1v) is 6.66. The molecule has 5 heteroatoms. The molecule has 18 heavy (non-hydrogen) atoms. The maximum atomic E-state index is 9.35. The van der Waals surface area contributed by atoms with Gasteiger partial charge < -0.3 is 15.7 Å². The molecule has 0 radical (unpaired) electrons. The first-order valence-electron chi connectivity index (χ1n) is 6.66. The second-order valence-electron chi connectivity index (χ2n) is 4.94. The Morgan fingerprint density at radius 1 is 1.28 bits per heavy atom. The lowest BCUT2D eigenvalue weighted by molar-refractivity contribution is 0.208. The van der Waals surface area contributed by atoms with Gasteiger partial charge in [0.15, 0.2) is 0 Å². The number of anilines is 2. The van der Waals surface area contributed by atoms with Crippen LogP contribution in [0.5, 0.6) is 0 Å². The highest BCUT2D eigenvalue weighted by Crippen LogP contribution is 2.39. The lowest BCUT2D eigenvalue weighted by Gasteiger charge is -2.15. The number of aromatic nitrogens is 2. The molecule has 5 nitrogen and oxygen atoms in total. The molecule has 1 atom stereocenters. The van der Waals surface area contributed by atoms with Crippen LogP contribution in [0.25, 0.3) is 0 Å². The predicted molar refractivity (Wildman–Crippen MR) is 73.1 cm³/mol. The Bertz CT molecular complexity index is 416. The van der Waals surface area contributed by atoms with Gasteiger partial charge in [0, 0.05) is 24.6 Å². The van der Waals surface area contributed by atoms with Gasteiger partial charge in [0.05, 0.1) is 6.10 Å². The third kappa shape index (κ3) is 3.10. The summed E-state index contributed by atoms with van der Waals surface area (Å²) in [6.07, 6.45) is 1.99. The number of aliphatic hydroxyl groups is 1. The van der Waals surface area contributed by atoms with Crippen molar-refractivity contribution in [3.63, 3.8) is 0 Å². The number of hydrogen-bond donors (Lipinski definition) is 3. The van der Waals surface area contributed by atoms with E-state index in [9.17, 15) is 5.11 Å². The molecule has 1 fully saturated rings.